The van der Waals surface area contributed by atoms with Crippen molar-refractivity contribution in [2.24, 2.45) is 0 Å². The van der Waals surface area contributed by atoms with E-state index in [2.05, 4.69) is 17.0 Å². The lowest BCUT2D eigenvalue weighted by Gasteiger charge is -2.36. The van der Waals surface area contributed by atoms with Crippen LogP contribution in [-0.2, 0) is 6.42 Å². The highest BCUT2D eigenvalue weighted by atomic mass is 19.1. The van der Waals surface area contributed by atoms with Crippen molar-refractivity contribution in [3.8, 4) is 5.69 Å². The summed E-state index contributed by atoms with van der Waals surface area (Å²) < 4.78 is 15.4. The molecule has 0 unspecified atom stereocenters. The minimum atomic E-state index is -0.301. The first-order chi connectivity index (χ1) is 19.0. The fourth-order valence-corrected chi connectivity index (χ4v) is 5.05. The minimum absolute atomic E-state index is 0.0487. The van der Waals surface area contributed by atoms with Gasteiger partial charge in [-0.15, -0.1) is 0 Å². The van der Waals surface area contributed by atoms with Crippen LogP contribution in [0, 0.1) is 19.7 Å². The van der Waals surface area contributed by atoms with Gasteiger partial charge in [0.15, 0.2) is 5.65 Å². The Morgan fingerprint density at radius 2 is 1.54 bits per heavy atom. The Labute approximate surface area is 226 Å². The fraction of sp³-hybridized carbons (Fsp3) is 0.226. The molecule has 8 heteroatoms. The molecule has 6 rings (SSSR count). The molecule has 39 heavy (non-hydrogen) atoms. The Bertz CT molecular complexity index is 1620. The molecular formula is C31H29FN6O. The van der Waals surface area contributed by atoms with Crippen LogP contribution < -0.4 is 4.90 Å². The van der Waals surface area contributed by atoms with E-state index in [4.69, 9.17) is 15.1 Å². The third-order valence-electron chi connectivity index (χ3n) is 7.17. The Morgan fingerprint density at radius 1 is 0.846 bits per heavy atom. The summed E-state index contributed by atoms with van der Waals surface area (Å²) in [7, 11) is 0. The molecule has 0 radical (unpaired) electrons. The molecule has 0 saturated carbocycles. The minimum Gasteiger partial charge on any atom is -0.352 e. The van der Waals surface area contributed by atoms with Crippen LogP contribution in [-0.4, -0.2) is 56.7 Å². The van der Waals surface area contributed by atoms with Crippen LogP contribution in [0.25, 0.3) is 16.7 Å². The highest BCUT2D eigenvalue weighted by molar-refractivity contribution is 5.95. The number of anilines is 1. The Morgan fingerprint density at radius 3 is 2.23 bits per heavy atom. The third-order valence-corrected chi connectivity index (χ3v) is 7.17. The number of benzene rings is 3. The monoisotopic (exact) mass is 520 g/mol. The number of carbonyl (C=O) groups excluding carboxylic acids is 1. The largest absolute Gasteiger partial charge is 0.352 e. The second kappa shape index (κ2) is 10.3. The first-order valence-electron chi connectivity index (χ1n) is 13.1. The zero-order valence-corrected chi connectivity index (χ0v) is 22.0. The second-order valence-electron chi connectivity index (χ2n) is 9.94. The smallest absolute Gasteiger partial charge is 0.253 e. The number of carbonyl (C=O) groups is 1. The van der Waals surface area contributed by atoms with Crippen LogP contribution in [0.3, 0.4) is 0 Å². The topological polar surface area (TPSA) is 67.2 Å². The maximum Gasteiger partial charge on any atom is 0.253 e. The summed E-state index contributed by atoms with van der Waals surface area (Å²) in [5.74, 6) is 1.25. The summed E-state index contributed by atoms with van der Waals surface area (Å²) >= 11 is 0. The molecule has 0 N–H and O–H groups in total. The summed E-state index contributed by atoms with van der Waals surface area (Å²) in [6.45, 7) is 6.45. The van der Waals surface area contributed by atoms with E-state index in [1.54, 1.807) is 16.8 Å². The molecule has 0 spiro atoms. The van der Waals surface area contributed by atoms with Gasteiger partial charge in [0.1, 0.15) is 17.5 Å². The van der Waals surface area contributed by atoms with E-state index in [9.17, 15) is 9.18 Å². The van der Waals surface area contributed by atoms with E-state index < -0.39 is 0 Å². The maximum absolute atomic E-state index is 13.7. The quantitative estimate of drug-likeness (QED) is 0.322. The van der Waals surface area contributed by atoms with E-state index in [-0.39, 0.29) is 11.7 Å². The van der Waals surface area contributed by atoms with Crippen molar-refractivity contribution in [3.05, 3.63) is 113 Å². The predicted octanol–water partition coefficient (Wildman–Crippen LogP) is 5.12. The molecule has 3 aromatic carbocycles. The van der Waals surface area contributed by atoms with E-state index in [1.807, 2.05) is 61.2 Å². The Kier molecular flexibility index (Phi) is 6.52. The lowest BCUT2D eigenvalue weighted by molar-refractivity contribution is 0.0746. The summed E-state index contributed by atoms with van der Waals surface area (Å²) in [6.07, 6.45) is 0.573. The molecule has 1 saturated heterocycles. The van der Waals surface area contributed by atoms with E-state index in [0.717, 1.165) is 33.7 Å². The van der Waals surface area contributed by atoms with Gasteiger partial charge in [0.2, 0.25) is 0 Å². The summed E-state index contributed by atoms with van der Waals surface area (Å²) in [4.78, 5) is 27.2. The van der Waals surface area contributed by atoms with Gasteiger partial charge in [0, 0.05) is 38.2 Å². The fourth-order valence-electron chi connectivity index (χ4n) is 5.05. The molecule has 3 heterocycles. The third kappa shape index (κ3) is 4.97. The van der Waals surface area contributed by atoms with Crippen molar-refractivity contribution in [3.63, 3.8) is 0 Å². The number of hydrogen-bond acceptors (Lipinski definition) is 5. The number of nitrogens with zero attached hydrogens (tertiary/aromatic N) is 6. The Hall–Kier alpha value is -4.59. The number of rotatable bonds is 5. The molecule has 1 aliphatic heterocycles. The average molecular weight is 521 g/mol. The van der Waals surface area contributed by atoms with Crippen LogP contribution in [0.2, 0.25) is 0 Å². The molecule has 7 nitrogen and oxygen atoms in total. The zero-order chi connectivity index (χ0) is 26.9. The first-order valence-corrected chi connectivity index (χ1v) is 13.1. The zero-order valence-electron chi connectivity index (χ0n) is 22.0. The molecule has 0 bridgehead atoms. The van der Waals surface area contributed by atoms with Crippen molar-refractivity contribution in [1.82, 2.24) is 24.6 Å². The van der Waals surface area contributed by atoms with E-state index in [0.29, 0.717) is 49.6 Å². The number of fused-ring (bicyclic) bond motifs is 1. The SMILES string of the molecule is Cc1ccc(C(=O)N2CCN(c3nc(Cc4ccccc4)nc4c3c(C)nn4-c3ccc(F)cc3)CC2)cc1. The van der Waals surface area contributed by atoms with Gasteiger partial charge >= 0.3 is 0 Å². The second-order valence-corrected chi connectivity index (χ2v) is 9.94. The highest BCUT2D eigenvalue weighted by Gasteiger charge is 2.27. The van der Waals surface area contributed by atoms with Gasteiger partial charge in [0.25, 0.3) is 5.91 Å². The van der Waals surface area contributed by atoms with Crippen LogP contribution in [0.1, 0.15) is 33.0 Å². The molecule has 0 atom stereocenters. The normalized spacial score (nSPS) is 13.7. The Balaban J connectivity index is 1.35. The van der Waals surface area contributed by atoms with Crippen LogP contribution in [0.15, 0.2) is 78.9 Å². The molecule has 2 aromatic heterocycles. The number of piperazine rings is 1. The predicted molar refractivity (Wildman–Crippen MR) is 150 cm³/mol. The van der Waals surface area contributed by atoms with Gasteiger partial charge in [-0.2, -0.15) is 5.10 Å². The standard InChI is InChI=1S/C31H29FN6O/c1-21-8-10-24(11-9-21)31(39)37-18-16-36(17-19-37)29-28-22(2)35-38(26-14-12-25(32)13-15-26)30(28)34-27(33-29)20-23-6-4-3-5-7-23/h3-15H,16-20H2,1-2H3. The molecule has 0 aliphatic carbocycles. The van der Waals surface area contributed by atoms with Gasteiger partial charge in [-0.1, -0.05) is 48.0 Å². The van der Waals surface area contributed by atoms with E-state index >= 15 is 0 Å². The van der Waals surface area contributed by atoms with Crippen molar-refractivity contribution in [2.45, 2.75) is 20.3 Å². The van der Waals surface area contributed by atoms with Crippen LogP contribution in [0.5, 0.6) is 0 Å². The lowest BCUT2D eigenvalue weighted by Crippen LogP contribution is -2.49. The van der Waals surface area contributed by atoms with Gasteiger partial charge in [-0.25, -0.2) is 19.0 Å². The van der Waals surface area contributed by atoms with Crippen molar-refractivity contribution in [1.29, 1.82) is 0 Å². The lowest BCUT2D eigenvalue weighted by atomic mass is 10.1. The number of halogens is 1. The summed E-state index contributed by atoms with van der Waals surface area (Å²) in [5.41, 5.74) is 5.17. The average Bonchev–Trinajstić information content (AvgIpc) is 3.30. The van der Waals surface area contributed by atoms with Gasteiger partial charge in [-0.3, -0.25) is 4.79 Å². The highest BCUT2D eigenvalue weighted by Crippen LogP contribution is 2.30. The number of amides is 1. The summed E-state index contributed by atoms with van der Waals surface area (Å²) in [6, 6.07) is 24.1. The van der Waals surface area contributed by atoms with Gasteiger partial charge in [-0.05, 0) is 55.8 Å². The maximum atomic E-state index is 13.7. The molecule has 196 valence electrons. The van der Waals surface area contributed by atoms with Gasteiger partial charge < -0.3 is 9.80 Å². The number of aryl methyl sites for hydroxylation is 2. The van der Waals surface area contributed by atoms with Crippen molar-refractivity contribution < 1.29 is 9.18 Å². The van der Waals surface area contributed by atoms with Crippen molar-refractivity contribution in [2.75, 3.05) is 31.1 Å². The number of aromatic nitrogens is 4. The van der Waals surface area contributed by atoms with Crippen molar-refractivity contribution >= 4 is 22.8 Å². The van der Waals surface area contributed by atoms with E-state index in [1.165, 1.54) is 12.1 Å². The molecule has 1 fully saturated rings. The molecule has 5 aromatic rings. The first kappa shape index (κ1) is 24.7. The van der Waals surface area contributed by atoms with Crippen LogP contribution >= 0.6 is 0 Å². The molecular weight excluding hydrogens is 491 g/mol. The van der Waals surface area contributed by atoms with Crippen LogP contribution in [0.4, 0.5) is 10.2 Å². The van der Waals surface area contributed by atoms with Gasteiger partial charge in [0.05, 0.1) is 16.8 Å². The molecule has 1 aliphatic rings. The number of hydrogen-bond donors (Lipinski definition) is 0. The molecule has 1 amide bonds. The summed E-state index contributed by atoms with van der Waals surface area (Å²) in [5, 5.41) is 5.65.